The number of aryl methyl sites for hydroxylation is 1. The van der Waals surface area contributed by atoms with Crippen LogP contribution in [0.2, 0.25) is 0 Å². The fourth-order valence-electron chi connectivity index (χ4n) is 2.67. The van der Waals surface area contributed by atoms with Crippen LogP contribution in [0.4, 0.5) is 0 Å². The molecule has 0 aliphatic carbocycles. The molecule has 3 aromatic rings. The first-order valence-corrected chi connectivity index (χ1v) is 9.05. The zero-order chi connectivity index (χ0) is 17.2. The summed E-state index contributed by atoms with van der Waals surface area (Å²) in [6.45, 7) is 2.57. The van der Waals surface area contributed by atoms with Crippen LogP contribution in [0.1, 0.15) is 11.1 Å². The first-order chi connectivity index (χ1) is 11.5. The fourth-order valence-corrected chi connectivity index (χ4v) is 4.02. The third-order valence-electron chi connectivity index (χ3n) is 3.84. The Morgan fingerprint density at radius 3 is 2.46 bits per heavy atom. The van der Waals surface area contributed by atoms with Gasteiger partial charge in [-0.3, -0.25) is 4.98 Å². The van der Waals surface area contributed by atoms with Gasteiger partial charge in [0, 0.05) is 30.7 Å². The minimum atomic E-state index is -3.71. The summed E-state index contributed by atoms with van der Waals surface area (Å²) in [5, 5.41) is 3.06. The Morgan fingerprint density at radius 2 is 1.85 bits per heavy atom. The molecule has 0 bridgehead atoms. The third-order valence-corrected chi connectivity index (χ3v) is 5.49. The Labute approximate surface area is 166 Å². The van der Waals surface area contributed by atoms with Crippen molar-refractivity contribution in [3.8, 4) is 11.3 Å². The van der Waals surface area contributed by atoms with Gasteiger partial charge in [0.2, 0.25) is 0 Å². The van der Waals surface area contributed by atoms with E-state index in [4.69, 9.17) is 0 Å². The number of hydrogen-bond donors (Lipinski definition) is 1. The molecule has 0 radical (unpaired) electrons. The topological polar surface area (TPSA) is 64.0 Å². The molecular formula is C18H21Cl2N3O2S. The molecule has 5 nitrogen and oxygen atoms in total. The summed E-state index contributed by atoms with van der Waals surface area (Å²) in [7, 11) is -1.87. The van der Waals surface area contributed by atoms with E-state index in [1.165, 1.54) is 10.2 Å². The zero-order valence-electron chi connectivity index (χ0n) is 14.4. The molecule has 0 amide bonds. The average Bonchev–Trinajstić information content (AvgIpc) is 3.01. The van der Waals surface area contributed by atoms with Gasteiger partial charge in [-0.15, -0.1) is 24.8 Å². The van der Waals surface area contributed by atoms with Crippen LogP contribution in [0.25, 0.3) is 11.3 Å². The van der Waals surface area contributed by atoms with Gasteiger partial charge >= 0.3 is 0 Å². The van der Waals surface area contributed by atoms with Gasteiger partial charge in [-0.25, -0.2) is 12.4 Å². The molecule has 2 heterocycles. The Bertz CT molecular complexity index is 958. The minimum Gasteiger partial charge on any atom is -0.316 e. The molecule has 0 fully saturated rings. The maximum atomic E-state index is 13.1. The molecule has 26 heavy (non-hydrogen) atoms. The lowest BCUT2D eigenvalue weighted by Crippen LogP contribution is -2.14. The maximum Gasteiger partial charge on any atom is 0.269 e. The van der Waals surface area contributed by atoms with E-state index >= 15 is 0 Å². The van der Waals surface area contributed by atoms with Crippen LogP contribution in [-0.4, -0.2) is 24.4 Å². The summed E-state index contributed by atoms with van der Waals surface area (Å²) in [6.07, 6.45) is 4.60. The number of rotatable bonds is 5. The van der Waals surface area contributed by atoms with Crippen molar-refractivity contribution in [2.75, 3.05) is 7.05 Å². The second kappa shape index (κ2) is 9.19. The van der Waals surface area contributed by atoms with Crippen molar-refractivity contribution in [3.63, 3.8) is 0 Å². The summed E-state index contributed by atoms with van der Waals surface area (Å²) >= 11 is 0. The van der Waals surface area contributed by atoms with Crippen molar-refractivity contribution in [2.45, 2.75) is 18.4 Å². The Kier molecular flexibility index (Phi) is 7.84. The molecule has 0 unspecified atom stereocenters. The quantitative estimate of drug-likeness (QED) is 0.692. The van der Waals surface area contributed by atoms with Crippen LogP contribution in [0.5, 0.6) is 0 Å². The number of nitrogens with one attached hydrogen (secondary N) is 1. The number of halogens is 2. The van der Waals surface area contributed by atoms with Crippen molar-refractivity contribution in [1.82, 2.24) is 14.3 Å². The van der Waals surface area contributed by atoms with E-state index in [0.29, 0.717) is 12.2 Å². The van der Waals surface area contributed by atoms with E-state index in [1.54, 1.807) is 24.5 Å². The molecule has 3 rings (SSSR count). The van der Waals surface area contributed by atoms with Crippen molar-refractivity contribution in [1.29, 1.82) is 0 Å². The van der Waals surface area contributed by atoms with Crippen LogP contribution < -0.4 is 5.32 Å². The highest BCUT2D eigenvalue weighted by Gasteiger charge is 2.22. The van der Waals surface area contributed by atoms with Crippen LogP contribution in [-0.2, 0) is 16.6 Å². The standard InChI is InChI=1S/C18H19N3O2S.2ClH/c1-14-6-3-4-8-17(14)18-10-15(11-19-2)13-21(18)24(22,23)16-7-5-9-20-12-16;;/h3-10,12-13,19H,11H2,1-2H3;2*1H. The van der Waals surface area contributed by atoms with Crippen LogP contribution in [0.15, 0.2) is 66.0 Å². The lowest BCUT2D eigenvalue weighted by atomic mass is 10.1. The van der Waals surface area contributed by atoms with Crippen molar-refractivity contribution in [2.24, 2.45) is 0 Å². The normalized spacial score (nSPS) is 10.7. The number of nitrogens with zero attached hydrogens (tertiary/aromatic N) is 2. The molecule has 2 aromatic heterocycles. The molecule has 0 aliphatic rings. The second-order valence-corrected chi connectivity index (χ2v) is 7.38. The summed E-state index contributed by atoms with van der Waals surface area (Å²) in [4.78, 5) is 4.11. The summed E-state index contributed by atoms with van der Waals surface area (Å²) in [5.74, 6) is 0. The SMILES string of the molecule is CNCc1cc(-c2ccccc2C)n(S(=O)(=O)c2cccnc2)c1.Cl.Cl. The Balaban J connectivity index is 0.00000169. The molecule has 140 valence electrons. The zero-order valence-corrected chi connectivity index (χ0v) is 16.9. The third kappa shape index (κ3) is 4.27. The second-order valence-electron chi connectivity index (χ2n) is 5.57. The van der Waals surface area contributed by atoms with Gasteiger partial charge < -0.3 is 5.32 Å². The minimum absolute atomic E-state index is 0. The van der Waals surface area contributed by atoms with E-state index in [-0.39, 0.29) is 29.7 Å². The summed E-state index contributed by atoms with van der Waals surface area (Å²) in [5.41, 5.74) is 3.48. The van der Waals surface area contributed by atoms with Crippen molar-refractivity contribution >= 4 is 34.8 Å². The lowest BCUT2D eigenvalue weighted by Gasteiger charge is -2.12. The predicted molar refractivity (Wildman–Crippen MR) is 109 cm³/mol. The van der Waals surface area contributed by atoms with Crippen LogP contribution in [0, 0.1) is 6.92 Å². The number of aromatic nitrogens is 2. The van der Waals surface area contributed by atoms with E-state index < -0.39 is 10.0 Å². The number of pyridine rings is 1. The maximum absolute atomic E-state index is 13.1. The van der Waals surface area contributed by atoms with Gasteiger partial charge in [-0.2, -0.15) is 0 Å². The molecule has 0 atom stereocenters. The van der Waals surface area contributed by atoms with E-state index in [2.05, 4.69) is 10.3 Å². The van der Waals surface area contributed by atoms with E-state index in [9.17, 15) is 8.42 Å². The highest BCUT2D eigenvalue weighted by atomic mass is 35.5. The molecule has 0 spiro atoms. The van der Waals surface area contributed by atoms with Gasteiger partial charge in [0.1, 0.15) is 4.90 Å². The summed E-state index contributed by atoms with van der Waals surface area (Å²) < 4.78 is 27.5. The van der Waals surface area contributed by atoms with E-state index in [0.717, 1.165) is 16.7 Å². The van der Waals surface area contributed by atoms with Gasteiger partial charge in [-0.05, 0) is 43.3 Å². The average molecular weight is 414 g/mol. The Morgan fingerprint density at radius 1 is 1.12 bits per heavy atom. The predicted octanol–water partition coefficient (Wildman–Crippen LogP) is 3.66. The Hall–Kier alpha value is -1.86. The van der Waals surface area contributed by atoms with Gasteiger partial charge in [0.25, 0.3) is 10.0 Å². The molecule has 1 aromatic carbocycles. The molecular weight excluding hydrogens is 393 g/mol. The monoisotopic (exact) mass is 413 g/mol. The fraction of sp³-hybridized carbons (Fsp3) is 0.167. The van der Waals surface area contributed by atoms with Crippen molar-refractivity contribution in [3.05, 3.63) is 72.2 Å². The van der Waals surface area contributed by atoms with Crippen LogP contribution >= 0.6 is 24.8 Å². The molecule has 1 N–H and O–H groups in total. The van der Waals surface area contributed by atoms with E-state index in [1.807, 2.05) is 44.3 Å². The largest absolute Gasteiger partial charge is 0.316 e. The molecule has 8 heteroatoms. The first kappa shape index (κ1) is 22.2. The number of benzene rings is 1. The lowest BCUT2D eigenvalue weighted by molar-refractivity contribution is 0.587. The molecule has 0 aliphatic heterocycles. The van der Waals surface area contributed by atoms with Gasteiger partial charge in [0.05, 0.1) is 5.69 Å². The summed E-state index contributed by atoms with van der Waals surface area (Å²) in [6, 6.07) is 12.8. The highest BCUT2D eigenvalue weighted by Crippen LogP contribution is 2.29. The smallest absolute Gasteiger partial charge is 0.269 e. The van der Waals surface area contributed by atoms with Gasteiger partial charge in [0.15, 0.2) is 0 Å². The molecule has 0 saturated carbocycles. The highest BCUT2D eigenvalue weighted by molar-refractivity contribution is 7.90. The van der Waals surface area contributed by atoms with Crippen LogP contribution in [0.3, 0.4) is 0 Å². The number of hydrogen-bond acceptors (Lipinski definition) is 4. The molecule has 0 saturated heterocycles. The van der Waals surface area contributed by atoms with Gasteiger partial charge in [-0.1, -0.05) is 24.3 Å². The van der Waals surface area contributed by atoms with Crippen molar-refractivity contribution < 1.29 is 8.42 Å². The first-order valence-electron chi connectivity index (χ1n) is 7.61.